The molecule has 0 aliphatic rings. The van der Waals surface area contributed by atoms with Gasteiger partial charge in [0.2, 0.25) is 0 Å². The average molecular weight is 373 g/mol. The number of benzene rings is 2. The fraction of sp³-hybridized carbons (Fsp3) is 0.167. The molecule has 0 radical (unpaired) electrons. The average Bonchev–Trinajstić information content (AvgIpc) is 3.07. The van der Waals surface area contributed by atoms with Gasteiger partial charge in [-0.25, -0.2) is 8.42 Å². The molecule has 0 saturated heterocycles. The van der Waals surface area contributed by atoms with E-state index in [2.05, 4.69) is 9.82 Å². The van der Waals surface area contributed by atoms with E-state index in [0.717, 1.165) is 5.56 Å². The number of hydrogen-bond acceptors (Lipinski definition) is 5. The fourth-order valence-corrected chi connectivity index (χ4v) is 3.61. The number of methoxy groups -OCH3 is 2. The maximum atomic E-state index is 12.7. The highest BCUT2D eigenvalue weighted by molar-refractivity contribution is 7.92. The first kappa shape index (κ1) is 17.8. The summed E-state index contributed by atoms with van der Waals surface area (Å²) in [5.41, 5.74) is 1.07. The minimum absolute atomic E-state index is 0.0124. The van der Waals surface area contributed by atoms with E-state index in [1.54, 1.807) is 23.0 Å². The Morgan fingerprint density at radius 2 is 1.81 bits per heavy atom. The van der Waals surface area contributed by atoms with Gasteiger partial charge in [-0.3, -0.25) is 9.40 Å². The molecular weight excluding hydrogens is 354 g/mol. The third-order valence-corrected chi connectivity index (χ3v) is 5.12. The van der Waals surface area contributed by atoms with Crippen LogP contribution in [0.15, 0.2) is 65.7 Å². The number of aromatic nitrogens is 2. The summed E-state index contributed by atoms with van der Waals surface area (Å²) in [6, 6.07) is 15.9. The van der Waals surface area contributed by atoms with Crippen molar-refractivity contribution >= 4 is 15.8 Å². The molecule has 0 spiro atoms. The summed E-state index contributed by atoms with van der Waals surface area (Å²) in [6.45, 7) is 0.550. The van der Waals surface area contributed by atoms with Gasteiger partial charge >= 0.3 is 0 Å². The lowest BCUT2D eigenvalue weighted by atomic mass is 10.2. The number of nitrogens with zero attached hydrogens (tertiary/aromatic N) is 2. The van der Waals surface area contributed by atoms with Crippen LogP contribution < -0.4 is 14.2 Å². The quantitative estimate of drug-likeness (QED) is 0.689. The summed E-state index contributed by atoms with van der Waals surface area (Å²) in [6.07, 6.45) is 1.72. The van der Waals surface area contributed by atoms with Gasteiger partial charge in [0.05, 0.1) is 20.8 Å². The van der Waals surface area contributed by atoms with Gasteiger partial charge < -0.3 is 9.47 Å². The fourth-order valence-electron chi connectivity index (χ4n) is 2.46. The monoisotopic (exact) mass is 373 g/mol. The Hall–Kier alpha value is -3.00. The standard InChI is InChI=1S/C18H19N3O4S/c1-24-15-8-9-17(16(12-15)25-2)26(22,23)20-18-10-11-21(19-18)13-14-6-4-3-5-7-14/h3-12H,13H2,1-2H3,(H,19,20). The molecule has 1 N–H and O–H groups in total. The second kappa shape index (κ2) is 7.49. The van der Waals surface area contributed by atoms with Crippen LogP contribution in [0.5, 0.6) is 11.5 Å². The number of rotatable bonds is 7. The van der Waals surface area contributed by atoms with E-state index in [-0.39, 0.29) is 16.5 Å². The van der Waals surface area contributed by atoms with Gasteiger partial charge in [-0.05, 0) is 17.7 Å². The van der Waals surface area contributed by atoms with Crippen molar-refractivity contribution in [1.29, 1.82) is 0 Å². The Bertz CT molecular complexity index is 985. The Balaban J connectivity index is 1.80. The number of anilines is 1. The van der Waals surface area contributed by atoms with Crippen LogP contribution in [-0.2, 0) is 16.6 Å². The van der Waals surface area contributed by atoms with Crippen LogP contribution in [-0.4, -0.2) is 32.4 Å². The Labute approximate surface area is 152 Å². The minimum atomic E-state index is -3.85. The topological polar surface area (TPSA) is 82.5 Å². The van der Waals surface area contributed by atoms with Crippen LogP contribution in [0.3, 0.4) is 0 Å². The molecule has 7 nitrogen and oxygen atoms in total. The van der Waals surface area contributed by atoms with Crippen molar-refractivity contribution < 1.29 is 17.9 Å². The molecule has 0 fully saturated rings. The first-order valence-electron chi connectivity index (χ1n) is 7.84. The van der Waals surface area contributed by atoms with Crippen LogP contribution in [0.2, 0.25) is 0 Å². The van der Waals surface area contributed by atoms with Gasteiger partial charge in [-0.1, -0.05) is 30.3 Å². The molecular formula is C18H19N3O4S. The predicted molar refractivity (Wildman–Crippen MR) is 98.1 cm³/mol. The zero-order chi connectivity index (χ0) is 18.6. The second-order valence-corrected chi connectivity index (χ2v) is 7.16. The Morgan fingerprint density at radius 1 is 1.04 bits per heavy atom. The second-order valence-electron chi connectivity index (χ2n) is 5.51. The first-order valence-corrected chi connectivity index (χ1v) is 9.32. The zero-order valence-corrected chi connectivity index (χ0v) is 15.2. The molecule has 0 amide bonds. The maximum Gasteiger partial charge on any atom is 0.266 e. The third-order valence-electron chi connectivity index (χ3n) is 3.73. The summed E-state index contributed by atoms with van der Waals surface area (Å²) >= 11 is 0. The minimum Gasteiger partial charge on any atom is -0.497 e. The van der Waals surface area contributed by atoms with Gasteiger partial charge in [0.15, 0.2) is 5.82 Å². The van der Waals surface area contributed by atoms with Gasteiger partial charge in [0.25, 0.3) is 10.0 Å². The summed E-state index contributed by atoms with van der Waals surface area (Å²) in [7, 11) is -0.941. The van der Waals surface area contributed by atoms with Crippen LogP contribution in [0.25, 0.3) is 0 Å². The van der Waals surface area contributed by atoms with Gasteiger partial charge in [0, 0.05) is 18.3 Å². The zero-order valence-electron chi connectivity index (χ0n) is 14.4. The van der Waals surface area contributed by atoms with E-state index < -0.39 is 10.0 Å². The molecule has 0 atom stereocenters. The van der Waals surface area contributed by atoms with Crippen molar-refractivity contribution in [3.05, 3.63) is 66.4 Å². The molecule has 0 bridgehead atoms. The molecule has 26 heavy (non-hydrogen) atoms. The largest absolute Gasteiger partial charge is 0.497 e. The molecule has 0 unspecified atom stereocenters. The molecule has 136 valence electrons. The van der Waals surface area contributed by atoms with Gasteiger partial charge in [-0.15, -0.1) is 0 Å². The predicted octanol–water partition coefficient (Wildman–Crippen LogP) is 2.75. The van der Waals surface area contributed by atoms with Gasteiger partial charge in [0.1, 0.15) is 16.4 Å². The van der Waals surface area contributed by atoms with Crippen molar-refractivity contribution in [1.82, 2.24) is 9.78 Å². The molecule has 3 aromatic rings. The molecule has 0 saturated carbocycles. The SMILES string of the molecule is COc1ccc(S(=O)(=O)Nc2ccn(Cc3ccccc3)n2)c(OC)c1. The lowest BCUT2D eigenvalue weighted by molar-refractivity contribution is 0.386. The van der Waals surface area contributed by atoms with Crippen LogP contribution in [0.1, 0.15) is 5.56 Å². The van der Waals surface area contributed by atoms with Crippen LogP contribution >= 0.6 is 0 Å². The summed E-state index contributed by atoms with van der Waals surface area (Å²) in [5.74, 6) is 0.937. The highest BCUT2D eigenvalue weighted by Gasteiger charge is 2.21. The molecule has 2 aromatic carbocycles. The molecule has 0 aliphatic carbocycles. The van der Waals surface area contributed by atoms with Crippen molar-refractivity contribution in [2.45, 2.75) is 11.4 Å². The van der Waals surface area contributed by atoms with Crippen LogP contribution in [0.4, 0.5) is 5.82 Å². The summed E-state index contributed by atoms with van der Waals surface area (Å²) in [4.78, 5) is 0.0124. The Kier molecular flexibility index (Phi) is 5.13. The number of hydrogen-bond donors (Lipinski definition) is 1. The van der Waals surface area contributed by atoms with E-state index >= 15 is 0 Å². The summed E-state index contributed by atoms with van der Waals surface area (Å²) < 4.78 is 39.7. The first-order chi connectivity index (χ1) is 12.5. The molecule has 1 aromatic heterocycles. The molecule has 1 heterocycles. The lowest BCUT2D eigenvalue weighted by Gasteiger charge is -2.11. The molecule has 3 rings (SSSR count). The number of nitrogens with one attached hydrogen (secondary N) is 1. The van der Waals surface area contributed by atoms with E-state index in [1.807, 2.05) is 30.3 Å². The van der Waals surface area contributed by atoms with E-state index in [4.69, 9.17) is 9.47 Å². The Morgan fingerprint density at radius 3 is 2.50 bits per heavy atom. The molecule has 0 aliphatic heterocycles. The number of ether oxygens (including phenoxy) is 2. The maximum absolute atomic E-state index is 12.7. The summed E-state index contributed by atoms with van der Waals surface area (Å²) in [5, 5.41) is 4.27. The number of sulfonamides is 1. The van der Waals surface area contributed by atoms with Crippen molar-refractivity contribution in [2.75, 3.05) is 18.9 Å². The van der Waals surface area contributed by atoms with Crippen LogP contribution in [0, 0.1) is 0 Å². The van der Waals surface area contributed by atoms with Crippen molar-refractivity contribution in [3.63, 3.8) is 0 Å². The normalized spacial score (nSPS) is 11.2. The van der Waals surface area contributed by atoms with Crippen molar-refractivity contribution in [3.8, 4) is 11.5 Å². The highest BCUT2D eigenvalue weighted by Crippen LogP contribution is 2.29. The smallest absolute Gasteiger partial charge is 0.266 e. The highest BCUT2D eigenvalue weighted by atomic mass is 32.2. The van der Waals surface area contributed by atoms with Crippen molar-refractivity contribution in [2.24, 2.45) is 0 Å². The van der Waals surface area contributed by atoms with E-state index in [0.29, 0.717) is 12.3 Å². The lowest BCUT2D eigenvalue weighted by Crippen LogP contribution is -2.15. The third kappa shape index (κ3) is 3.97. The van der Waals surface area contributed by atoms with E-state index in [9.17, 15) is 8.42 Å². The van der Waals surface area contributed by atoms with E-state index in [1.165, 1.54) is 26.4 Å². The molecule has 8 heteroatoms. The van der Waals surface area contributed by atoms with Gasteiger partial charge in [-0.2, -0.15) is 5.10 Å².